The molecule has 0 saturated carbocycles. The number of carbonyl (C=O) groups is 1. The molecule has 0 radical (unpaired) electrons. The van der Waals surface area contributed by atoms with Crippen LogP contribution in [-0.2, 0) is 11.3 Å². The molecule has 1 amide bonds. The van der Waals surface area contributed by atoms with E-state index >= 15 is 0 Å². The molecule has 0 atom stereocenters. The average molecular weight is 264 g/mol. The lowest BCUT2D eigenvalue weighted by Crippen LogP contribution is -2.33. The van der Waals surface area contributed by atoms with Crippen LogP contribution < -0.4 is 15.4 Å². The zero-order valence-electron chi connectivity index (χ0n) is 12.0. The number of carbonyl (C=O) groups excluding carboxylic acids is 1. The topological polar surface area (TPSA) is 50.4 Å². The van der Waals surface area contributed by atoms with Crippen LogP contribution in [0.4, 0.5) is 0 Å². The number of ether oxygens (including phenoxy) is 1. The maximum Gasteiger partial charge on any atom is 0.233 e. The van der Waals surface area contributed by atoms with Crippen LogP contribution in [-0.4, -0.2) is 25.1 Å². The Hall–Kier alpha value is -1.55. The number of benzene rings is 1. The van der Waals surface area contributed by atoms with Crippen LogP contribution in [0.25, 0.3) is 0 Å². The molecule has 19 heavy (non-hydrogen) atoms. The summed E-state index contributed by atoms with van der Waals surface area (Å²) in [5.41, 5.74) is 1.11. The molecule has 0 unspecified atom stereocenters. The predicted octanol–water partition coefficient (Wildman–Crippen LogP) is 2.09. The highest BCUT2D eigenvalue weighted by Crippen LogP contribution is 2.14. The van der Waals surface area contributed by atoms with Gasteiger partial charge in [-0.05, 0) is 38.0 Å². The van der Waals surface area contributed by atoms with Crippen LogP contribution in [0.15, 0.2) is 24.3 Å². The summed E-state index contributed by atoms with van der Waals surface area (Å²) in [6.07, 6.45) is 1.13. The third kappa shape index (κ3) is 6.82. The van der Waals surface area contributed by atoms with E-state index in [4.69, 9.17) is 4.74 Å². The van der Waals surface area contributed by atoms with E-state index in [0.29, 0.717) is 13.1 Å². The Morgan fingerprint density at radius 1 is 1.37 bits per heavy atom. The van der Waals surface area contributed by atoms with Crippen molar-refractivity contribution in [1.29, 1.82) is 0 Å². The maximum atomic E-state index is 11.4. The van der Waals surface area contributed by atoms with Gasteiger partial charge in [-0.2, -0.15) is 0 Å². The summed E-state index contributed by atoms with van der Waals surface area (Å²) in [6, 6.07) is 7.92. The molecule has 0 aliphatic heterocycles. The van der Waals surface area contributed by atoms with Crippen LogP contribution in [0.1, 0.15) is 32.8 Å². The maximum absolute atomic E-state index is 11.4. The van der Waals surface area contributed by atoms with Crippen molar-refractivity contribution in [2.75, 3.05) is 13.1 Å². The van der Waals surface area contributed by atoms with Crippen molar-refractivity contribution in [1.82, 2.24) is 10.6 Å². The second-order valence-corrected chi connectivity index (χ2v) is 4.77. The van der Waals surface area contributed by atoms with E-state index in [1.165, 1.54) is 0 Å². The van der Waals surface area contributed by atoms with Crippen LogP contribution in [0, 0.1) is 0 Å². The molecular formula is C15H24N2O2. The molecule has 106 valence electrons. The lowest BCUT2D eigenvalue weighted by Gasteiger charge is -2.11. The molecule has 0 spiro atoms. The van der Waals surface area contributed by atoms with Gasteiger partial charge in [-0.15, -0.1) is 0 Å². The number of hydrogen-bond acceptors (Lipinski definition) is 3. The lowest BCUT2D eigenvalue weighted by atomic mass is 10.2. The Balaban J connectivity index is 2.34. The summed E-state index contributed by atoms with van der Waals surface area (Å²) < 4.78 is 5.63. The van der Waals surface area contributed by atoms with Gasteiger partial charge in [0.15, 0.2) is 0 Å². The smallest absolute Gasteiger partial charge is 0.233 e. The third-order valence-electron chi connectivity index (χ3n) is 2.46. The summed E-state index contributed by atoms with van der Waals surface area (Å²) in [5, 5.41) is 5.95. The molecule has 4 heteroatoms. The van der Waals surface area contributed by atoms with E-state index in [2.05, 4.69) is 10.6 Å². The fourth-order valence-electron chi connectivity index (χ4n) is 1.65. The van der Waals surface area contributed by atoms with Gasteiger partial charge in [-0.3, -0.25) is 4.79 Å². The third-order valence-corrected chi connectivity index (χ3v) is 2.46. The van der Waals surface area contributed by atoms with Crippen LogP contribution >= 0.6 is 0 Å². The van der Waals surface area contributed by atoms with Crippen molar-refractivity contribution in [3.8, 4) is 5.75 Å². The van der Waals surface area contributed by atoms with Gasteiger partial charge in [0, 0.05) is 13.1 Å². The predicted molar refractivity (Wildman–Crippen MR) is 77.2 cm³/mol. The van der Waals surface area contributed by atoms with Gasteiger partial charge >= 0.3 is 0 Å². The average Bonchev–Trinajstić information content (AvgIpc) is 2.36. The van der Waals surface area contributed by atoms with Crippen molar-refractivity contribution in [3.05, 3.63) is 29.8 Å². The number of nitrogens with one attached hydrogen (secondary N) is 2. The quantitative estimate of drug-likeness (QED) is 0.756. The molecule has 0 aromatic heterocycles. The van der Waals surface area contributed by atoms with Gasteiger partial charge < -0.3 is 15.4 Å². The van der Waals surface area contributed by atoms with E-state index in [0.717, 1.165) is 24.3 Å². The Labute approximate surface area is 115 Å². The molecule has 0 heterocycles. The van der Waals surface area contributed by atoms with Gasteiger partial charge in [0.1, 0.15) is 5.75 Å². The number of rotatable bonds is 8. The standard InChI is InChI=1S/C15H24N2O2/c1-4-8-17-15(18)11-16-10-13-6-5-7-14(9-13)19-12(2)3/h5-7,9,12,16H,4,8,10-11H2,1-3H3,(H,17,18). The fourth-order valence-corrected chi connectivity index (χ4v) is 1.65. The number of amides is 1. The monoisotopic (exact) mass is 264 g/mol. The van der Waals surface area contributed by atoms with Crippen LogP contribution in [0.5, 0.6) is 5.75 Å². The first kappa shape index (κ1) is 15.5. The number of hydrogen-bond donors (Lipinski definition) is 2. The molecule has 0 aliphatic rings. The van der Waals surface area contributed by atoms with Gasteiger partial charge in [0.2, 0.25) is 5.91 Å². The minimum absolute atomic E-state index is 0.0384. The molecule has 1 aromatic carbocycles. The van der Waals surface area contributed by atoms with Gasteiger partial charge in [0.25, 0.3) is 0 Å². The summed E-state index contributed by atoms with van der Waals surface area (Å²) in [7, 11) is 0. The molecule has 4 nitrogen and oxygen atoms in total. The normalized spacial score (nSPS) is 10.5. The summed E-state index contributed by atoms with van der Waals surface area (Å²) >= 11 is 0. The van der Waals surface area contributed by atoms with Gasteiger partial charge in [-0.25, -0.2) is 0 Å². The molecule has 1 rings (SSSR count). The molecule has 0 bridgehead atoms. The Bertz CT molecular complexity index is 391. The minimum atomic E-state index is 0.0384. The highest BCUT2D eigenvalue weighted by atomic mass is 16.5. The second-order valence-electron chi connectivity index (χ2n) is 4.77. The van der Waals surface area contributed by atoms with E-state index in [1.807, 2.05) is 45.0 Å². The Morgan fingerprint density at radius 2 is 2.16 bits per heavy atom. The molecule has 1 aromatic rings. The molecule has 0 fully saturated rings. The van der Waals surface area contributed by atoms with E-state index in [-0.39, 0.29) is 12.0 Å². The van der Waals surface area contributed by atoms with Gasteiger partial charge in [0.05, 0.1) is 12.6 Å². The molecule has 0 aliphatic carbocycles. The van der Waals surface area contributed by atoms with Gasteiger partial charge in [-0.1, -0.05) is 19.1 Å². The second kappa shape index (κ2) is 8.53. The van der Waals surface area contributed by atoms with E-state index < -0.39 is 0 Å². The zero-order valence-corrected chi connectivity index (χ0v) is 12.0. The van der Waals surface area contributed by atoms with Crippen molar-refractivity contribution < 1.29 is 9.53 Å². The minimum Gasteiger partial charge on any atom is -0.491 e. The molecule has 0 saturated heterocycles. The van der Waals surface area contributed by atoms with Crippen molar-refractivity contribution in [3.63, 3.8) is 0 Å². The fraction of sp³-hybridized carbons (Fsp3) is 0.533. The van der Waals surface area contributed by atoms with E-state index in [1.54, 1.807) is 0 Å². The van der Waals surface area contributed by atoms with Crippen LogP contribution in [0.2, 0.25) is 0 Å². The summed E-state index contributed by atoms with van der Waals surface area (Å²) in [6.45, 7) is 7.78. The zero-order chi connectivity index (χ0) is 14.1. The first-order valence-corrected chi connectivity index (χ1v) is 6.84. The van der Waals surface area contributed by atoms with E-state index in [9.17, 15) is 4.79 Å². The molecule has 2 N–H and O–H groups in total. The first-order valence-electron chi connectivity index (χ1n) is 6.84. The van der Waals surface area contributed by atoms with Crippen molar-refractivity contribution in [2.24, 2.45) is 0 Å². The van der Waals surface area contributed by atoms with Crippen molar-refractivity contribution >= 4 is 5.91 Å². The summed E-state index contributed by atoms with van der Waals surface area (Å²) in [4.78, 5) is 11.4. The summed E-state index contributed by atoms with van der Waals surface area (Å²) in [5.74, 6) is 0.904. The highest BCUT2D eigenvalue weighted by molar-refractivity contribution is 5.77. The van der Waals surface area contributed by atoms with Crippen LogP contribution in [0.3, 0.4) is 0 Å². The Morgan fingerprint density at radius 3 is 2.84 bits per heavy atom. The SMILES string of the molecule is CCCNC(=O)CNCc1cccc(OC(C)C)c1. The Kier molecular flexibility index (Phi) is 6.97. The lowest BCUT2D eigenvalue weighted by molar-refractivity contribution is -0.120. The highest BCUT2D eigenvalue weighted by Gasteiger charge is 2.01. The van der Waals surface area contributed by atoms with Crippen molar-refractivity contribution in [2.45, 2.75) is 39.8 Å². The largest absolute Gasteiger partial charge is 0.491 e. The first-order chi connectivity index (χ1) is 9.11. The molecular weight excluding hydrogens is 240 g/mol.